The van der Waals surface area contributed by atoms with E-state index in [-0.39, 0.29) is 17.7 Å². The molecule has 140 valence electrons. The molecular weight excluding hydrogens is 350 g/mol. The first kappa shape index (κ1) is 19.5. The van der Waals surface area contributed by atoms with E-state index >= 15 is 0 Å². The molecule has 1 atom stereocenters. The topological polar surface area (TPSA) is 79.5 Å². The Morgan fingerprint density at radius 1 is 1.23 bits per heavy atom. The van der Waals surface area contributed by atoms with E-state index < -0.39 is 41.6 Å². The molecule has 2 aromatic rings. The number of methoxy groups -OCH3 is 1. The molecule has 9 heteroatoms. The Morgan fingerprint density at radius 2 is 1.92 bits per heavy atom. The highest BCUT2D eigenvalue weighted by Crippen LogP contribution is 2.21. The summed E-state index contributed by atoms with van der Waals surface area (Å²) in [7, 11) is 1.40. The van der Waals surface area contributed by atoms with Crippen molar-refractivity contribution < 1.29 is 23.0 Å². The van der Waals surface area contributed by atoms with E-state index in [1.165, 1.54) is 19.2 Å². The summed E-state index contributed by atoms with van der Waals surface area (Å²) in [6.45, 7) is 2.28. The lowest BCUT2D eigenvalue weighted by Crippen LogP contribution is -2.43. The fourth-order valence-electron chi connectivity index (χ4n) is 2.48. The molecule has 0 saturated heterocycles. The molecule has 1 aromatic heterocycles. The van der Waals surface area contributed by atoms with Crippen LogP contribution in [0.4, 0.5) is 8.78 Å². The van der Waals surface area contributed by atoms with E-state index in [1.54, 1.807) is 6.92 Å². The van der Waals surface area contributed by atoms with Gasteiger partial charge in [-0.2, -0.15) is 0 Å². The second kappa shape index (κ2) is 8.05. The number of ether oxygens (including phenoxy) is 2. The van der Waals surface area contributed by atoms with Crippen molar-refractivity contribution in [3.63, 3.8) is 0 Å². The van der Waals surface area contributed by atoms with E-state index in [0.29, 0.717) is 0 Å². The van der Waals surface area contributed by atoms with Crippen LogP contribution >= 0.6 is 0 Å². The quantitative estimate of drug-likeness (QED) is 0.725. The monoisotopic (exact) mass is 368 g/mol. The molecule has 0 saturated carbocycles. The third-order valence-corrected chi connectivity index (χ3v) is 3.68. The Morgan fingerprint density at radius 3 is 2.54 bits per heavy atom. The van der Waals surface area contributed by atoms with Crippen molar-refractivity contribution in [3.05, 3.63) is 56.9 Å². The average molecular weight is 368 g/mol. The molecular formula is C17H18F2N2O5. The lowest BCUT2D eigenvalue weighted by atomic mass is 10.1. The van der Waals surface area contributed by atoms with Gasteiger partial charge in [0.1, 0.15) is 0 Å². The minimum Gasteiger partial charge on any atom is -0.444 e. The van der Waals surface area contributed by atoms with E-state index in [0.717, 1.165) is 28.3 Å². The van der Waals surface area contributed by atoms with Gasteiger partial charge in [0.25, 0.3) is 5.56 Å². The lowest BCUT2D eigenvalue weighted by Gasteiger charge is -2.18. The second-order valence-corrected chi connectivity index (χ2v) is 5.64. The Hall–Kier alpha value is -2.81. The molecule has 2 rings (SSSR count). The number of carbonyl (C=O) groups excluding carboxylic acids is 1. The van der Waals surface area contributed by atoms with Gasteiger partial charge < -0.3 is 9.47 Å². The van der Waals surface area contributed by atoms with Gasteiger partial charge in [0, 0.05) is 25.8 Å². The van der Waals surface area contributed by atoms with Crippen LogP contribution in [0.5, 0.6) is 0 Å². The summed E-state index contributed by atoms with van der Waals surface area (Å²) < 4.78 is 39.3. The van der Waals surface area contributed by atoms with Gasteiger partial charge in [-0.05, 0) is 13.0 Å². The molecule has 0 fully saturated rings. The van der Waals surface area contributed by atoms with E-state index in [9.17, 15) is 23.2 Å². The second-order valence-electron chi connectivity index (χ2n) is 5.64. The van der Waals surface area contributed by atoms with Crippen LogP contribution in [0.3, 0.4) is 0 Å². The summed E-state index contributed by atoms with van der Waals surface area (Å²) in [6, 6.07) is 2.71. The van der Waals surface area contributed by atoms with Gasteiger partial charge in [-0.1, -0.05) is 12.1 Å². The first-order valence-corrected chi connectivity index (χ1v) is 7.70. The smallest absolute Gasteiger partial charge is 0.334 e. The van der Waals surface area contributed by atoms with Crippen LogP contribution in [0.1, 0.15) is 19.9 Å². The first-order chi connectivity index (χ1) is 12.3. The van der Waals surface area contributed by atoms with Gasteiger partial charge in [0.05, 0.1) is 18.2 Å². The lowest BCUT2D eigenvalue weighted by molar-refractivity contribution is -0.144. The molecule has 0 aliphatic carbocycles. The molecule has 1 aromatic carbocycles. The number of rotatable bonds is 6. The summed E-state index contributed by atoms with van der Waals surface area (Å²) in [5.74, 6) is -2.98. The maximum absolute atomic E-state index is 14.2. The zero-order chi connectivity index (χ0) is 19.4. The van der Waals surface area contributed by atoms with Crippen molar-refractivity contribution >= 4 is 5.97 Å². The maximum atomic E-state index is 14.2. The largest absolute Gasteiger partial charge is 0.444 e. The van der Waals surface area contributed by atoms with Crippen LogP contribution in [0.15, 0.2) is 34.0 Å². The van der Waals surface area contributed by atoms with Gasteiger partial charge in [0.2, 0.25) is 0 Å². The van der Waals surface area contributed by atoms with Crippen molar-refractivity contribution in [1.82, 2.24) is 9.13 Å². The van der Waals surface area contributed by atoms with Crippen molar-refractivity contribution in [2.75, 3.05) is 13.7 Å². The standard InChI is InChI=1S/C17H18F2N2O5/c1-10(8-25-3)21-16(23)13(12-5-4-6-14(18)15(12)19)7-20(17(21)24)9-26-11(2)22/h4-7,10H,8-9H2,1-3H3/t10-/m0/s1. The van der Waals surface area contributed by atoms with Crippen LogP contribution in [0, 0.1) is 11.6 Å². The van der Waals surface area contributed by atoms with Crippen molar-refractivity contribution in [2.45, 2.75) is 26.6 Å². The van der Waals surface area contributed by atoms with Crippen LogP contribution in [0.2, 0.25) is 0 Å². The SMILES string of the molecule is COC[C@H](C)n1c(=O)c(-c2cccc(F)c2F)cn(COC(C)=O)c1=O. The number of aromatic nitrogens is 2. The molecule has 0 aliphatic heterocycles. The normalized spacial score (nSPS) is 12.0. The Kier molecular flexibility index (Phi) is 6.04. The fourth-order valence-corrected chi connectivity index (χ4v) is 2.48. The van der Waals surface area contributed by atoms with Gasteiger partial charge in [-0.15, -0.1) is 0 Å². The van der Waals surface area contributed by atoms with Gasteiger partial charge >= 0.3 is 11.7 Å². The maximum Gasteiger partial charge on any atom is 0.334 e. The fraction of sp³-hybridized carbons (Fsp3) is 0.353. The third-order valence-electron chi connectivity index (χ3n) is 3.68. The number of esters is 1. The number of nitrogens with zero attached hydrogens (tertiary/aromatic N) is 2. The zero-order valence-corrected chi connectivity index (χ0v) is 14.5. The van der Waals surface area contributed by atoms with E-state index in [4.69, 9.17) is 9.47 Å². The predicted octanol–water partition coefficient (Wildman–Crippen LogP) is 1.68. The minimum absolute atomic E-state index is 0.0395. The number of carbonyl (C=O) groups is 1. The third kappa shape index (κ3) is 3.88. The molecule has 0 spiro atoms. The van der Waals surface area contributed by atoms with E-state index in [2.05, 4.69) is 0 Å². The number of benzene rings is 1. The molecule has 0 N–H and O–H groups in total. The number of halogens is 2. The molecule has 0 unspecified atom stereocenters. The number of hydrogen-bond donors (Lipinski definition) is 0. The molecule has 0 amide bonds. The summed E-state index contributed by atoms with van der Waals surface area (Å²) in [4.78, 5) is 36.4. The highest BCUT2D eigenvalue weighted by atomic mass is 19.2. The highest BCUT2D eigenvalue weighted by Gasteiger charge is 2.20. The summed E-state index contributed by atoms with van der Waals surface area (Å²) in [6.07, 6.45) is 1.04. The zero-order valence-electron chi connectivity index (χ0n) is 14.5. The number of hydrogen-bond acceptors (Lipinski definition) is 5. The molecule has 0 bridgehead atoms. The van der Waals surface area contributed by atoms with Crippen LogP contribution in [0.25, 0.3) is 11.1 Å². The van der Waals surface area contributed by atoms with Crippen molar-refractivity contribution in [1.29, 1.82) is 0 Å². The van der Waals surface area contributed by atoms with Crippen LogP contribution < -0.4 is 11.2 Å². The summed E-state index contributed by atoms with van der Waals surface area (Å²) in [5, 5.41) is 0. The van der Waals surface area contributed by atoms with Gasteiger partial charge in [-0.3, -0.25) is 18.7 Å². The molecule has 26 heavy (non-hydrogen) atoms. The van der Waals surface area contributed by atoms with Crippen LogP contribution in [-0.4, -0.2) is 28.8 Å². The molecule has 0 radical (unpaired) electrons. The van der Waals surface area contributed by atoms with Crippen LogP contribution in [-0.2, 0) is 21.0 Å². The predicted molar refractivity (Wildman–Crippen MR) is 88.7 cm³/mol. The molecule has 7 nitrogen and oxygen atoms in total. The molecule has 0 aliphatic rings. The Bertz CT molecular complexity index is 936. The Labute approximate surface area is 147 Å². The van der Waals surface area contributed by atoms with Crippen molar-refractivity contribution in [2.24, 2.45) is 0 Å². The first-order valence-electron chi connectivity index (χ1n) is 7.70. The molecule has 1 heterocycles. The van der Waals surface area contributed by atoms with Gasteiger partial charge in [-0.25, -0.2) is 13.6 Å². The van der Waals surface area contributed by atoms with Crippen molar-refractivity contribution in [3.8, 4) is 11.1 Å². The van der Waals surface area contributed by atoms with E-state index in [1.807, 2.05) is 0 Å². The Balaban J connectivity index is 2.75. The summed E-state index contributed by atoms with van der Waals surface area (Å²) in [5.41, 5.74) is -2.11. The average Bonchev–Trinajstić information content (AvgIpc) is 2.57. The highest BCUT2D eigenvalue weighted by molar-refractivity contribution is 5.65. The minimum atomic E-state index is -1.21. The summed E-state index contributed by atoms with van der Waals surface area (Å²) >= 11 is 0. The van der Waals surface area contributed by atoms with Gasteiger partial charge in [0.15, 0.2) is 18.4 Å².